The molecule has 0 aliphatic heterocycles. The number of methoxy groups -OCH3 is 2. The van der Waals surface area contributed by atoms with Crippen LogP contribution in [0.4, 0.5) is 5.69 Å². The lowest BCUT2D eigenvalue weighted by atomic mass is 10.1. The summed E-state index contributed by atoms with van der Waals surface area (Å²) in [4.78, 5) is 17.3. The van der Waals surface area contributed by atoms with E-state index in [9.17, 15) is 4.79 Å². The Bertz CT molecular complexity index is 1040. The van der Waals surface area contributed by atoms with Gasteiger partial charge >= 0.3 is 0 Å². The van der Waals surface area contributed by atoms with Crippen LogP contribution in [0.1, 0.15) is 42.7 Å². The van der Waals surface area contributed by atoms with Gasteiger partial charge in [-0.05, 0) is 39.0 Å². The topological polar surface area (TPSA) is 78.3 Å². The summed E-state index contributed by atoms with van der Waals surface area (Å²) in [6.45, 7) is 5.99. The maximum absolute atomic E-state index is 12.8. The molecule has 0 saturated heterocycles. The molecule has 0 unspecified atom stereocenters. The standard InChI is InChI=1S/C21H24N4O3/c1-6-7-14-8-15(10-18(27-4)19(14)28-5)21(26)24-17-9-16-11-23-25(13(2)3)20(16)22-12-17/h6-13H,1-5H3,(H,24,26). The summed E-state index contributed by atoms with van der Waals surface area (Å²) in [5, 5.41) is 8.11. The first kappa shape index (κ1) is 19.4. The third kappa shape index (κ3) is 3.69. The minimum Gasteiger partial charge on any atom is -0.493 e. The highest BCUT2D eigenvalue weighted by molar-refractivity contribution is 6.05. The highest BCUT2D eigenvalue weighted by atomic mass is 16.5. The molecule has 28 heavy (non-hydrogen) atoms. The lowest BCUT2D eigenvalue weighted by molar-refractivity contribution is 0.102. The molecule has 0 atom stereocenters. The average molecular weight is 380 g/mol. The number of rotatable bonds is 6. The van der Waals surface area contributed by atoms with Gasteiger partial charge in [0.1, 0.15) is 0 Å². The third-order valence-corrected chi connectivity index (χ3v) is 4.30. The number of carbonyl (C=O) groups is 1. The number of fused-ring (bicyclic) bond motifs is 1. The predicted octanol–water partition coefficient (Wildman–Crippen LogP) is 4.31. The zero-order valence-corrected chi connectivity index (χ0v) is 16.7. The van der Waals surface area contributed by atoms with Gasteiger partial charge in [-0.15, -0.1) is 0 Å². The van der Waals surface area contributed by atoms with Crippen molar-refractivity contribution in [3.63, 3.8) is 0 Å². The van der Waals surface area contributed by atoms with Crippen LogP contribution in [0.15, 0.2) is 36.7 Å². The summed E-state index contributed by atoms with van der Waals surface area (Å²) >= 11 is 0. The largest absolute Gasteiger partial charge is 0.493 e. The van der Waals surface area contributed by atoms with E-state index in [1.807, 2.05) is 43.7 Å². The molecule has 0 aliphatic rings. The second kappa shape index (κ2) is 8.12. The number of hydrogen-bond acceptors (Lipinski definition) is 5. The fourth-order valence-electron chi connectivity index (χ4n) is 3.02. The summed E-state index contributed by atoms with van der Waals surface area (Å²) in [5.74, 6) is 0.820. The van der Waals surface area contributed by atoms with Crippen LogP contribution in [0.5, 0.6) is 11.5 Å². The Morgan fingerprint density at radius 1 is 1.18 bits per heavy atom. The van der Waals surface area contributed by atoms with Crippen LogP contribution in [-0.4, -0.2) is 34.9 Å². The van der Waals surface area contributed by atoms with E-state index in [0.29, 0.717) is 22.7 Å². The molecule has 1 aromatic carbocycles. The van der Waals surface area contributed by atoms with Crippen LogP contribution in [0.25, 0.3) is 17.1 Å². The van der Waals surface area contributed by atoms with Crippen LogP contribution in [0.3, 0.4) is 0 Å². The number of hydrogen-bond donors (Lipinski definition) is 1. The van der Waals surface area contributed by atoms with Gasteiger partial charge in [-0.25, -0.2) is 9.67 Å². The normalized spacial score (nSPS) is 11.4. The number of aromatic nitrogens is 3. The molecule has 0 radical (unpaired) electrons. The van der Waals surface area contributed by atoms with Crippen LogP contribution < -0.4 is 14.8 Å². The zero-order chi connectivity index (χ0) is 20.3. The molecular weight excluding hydrogens is 356 g/mol. The van der Waals surface area contributed by atoms with Gasteiger partial charge in [0.05, 0.1) is 32.3 Å². The first-order valence-corrected chi connectivity index (χ1v) is 9.01. The van der Waals surface area contributed by atoms with Gasteiger partial charge in [-0.2, -0.15) is 5.10 Å². The molecule has 0 saturated carbocycles. The fourth-order valence-corrected chi connectivity index (χ4v) is 3.02. The van der Waals surface area contributed by atoms with E-state index >= 15 is 0 Å². The van der Waals surface area contributed by atoms with Crippen molar-refractivity contribution in [2.24, 2.45) is 0 Å². The van der Waals surface area contributed by atoms with Crippen LogP contribution in [0.2, 0.25) is 0 Å². The van der Waals surface area contributed by atoms with Gasteiger partial charge in [0.2, 0.25) is 0 Å². The van der Waals surface area contributed by atoms with Crippen LogP contribution >= 0.6 is 0 Å². The van der Waals surface area contributed by atoms with Crippen molar-refractivity contribution in [2.45, 2.75) is 26.8 Å². The molecule has 0 bridgehead atoms. The Balaban J connectivity index is 1.92. The summed E-state index contributed by atoms with van der Waals surface area (Å²) in [6.07, 6.45) is 7.13. The summed E-state index contributed by atoms with van der Waals surface area (Å²) in [6, 6.07) is 5.49. The van der Waals surface area contributed by atoms with E-state index < -0.39 is 0 Å². The van der Waals surface area contributed by atoms with Gasteiger partial charge in [0, 0.05) is 22.6 Å². The summed E-state index contributed by atoms with van der Waals surface area (Å²) < 4.78 is 12.6. The Hall–Kier alpha value is -3.35. The minimum atomic E-state index is -0.260. The molecule has 0 aliphatic carbocycles. The van der Waals surface area contributed by atoms with E-state index in [1.165, 1.54) is 0 Å². The first-order valence-electron chi connectivity index (χ1n) is 9.01. The maximum Gasteiger partial charge on any atom is 0.255 e. The quantitative estimate of drug-likeness (QED) is 0.689. The van der Waals surface area contributed by atoms with E-state index in [4.69, 9.17) is 9.47 Å². The number of allylic oxidation sites excluding steroid dienone is 1. The Labute approximate surface area is 164 Å². The number of pyridine rings is 1. The second-order valence-electron chi connectivity index (χ2n) is 6.57. The lowest BCUT2D eigenvalue weighted by Crippen LogP contribution is -2.13. The fraction of sp³-hybridized carbons (Fsp3) is 0.286. The van der Waals surface area contributed by atoms with Crippen molar-refractivity contribution >= 4 is 28.7 Å². The van der Waals surface area contributed by atoms with E-state index in [0.717, 1.165) is 16.6 Å². The molecular formula is C21H24N4O3. The van der Waals surface area contributed by atoms with Gasteiger partial charge in [-0.1, -0.05) is 12.2 Å². The molecule has 2 aromatic heterocycles. The molecule has 7 heteroatoms. The Kier molecular flexibility index (Phi) is 5.63. The number of carbonyl (C=O) groups excluding carboxylic acids is 1. The lowest BCUT2D eigenvalue weighted by Gasteiger charge is -2.13. The number of ether oxygens (including phenoxy) is 2. The van der Waals surface area contributed by atoms with Crippen molar-refractivity contribution in [1.82, 2.24) is 14.8 Å². The Morgan fingerprint density at radius 3 is 2.61 bits per heavy atom. The monoisotopic (exact) mass is 380 g/mol. The smallest absolute Gasteiger partial charge is 0.255 e. The van der Waals surface area contributed by atoms with Gasteiger partial charge in [0.15, 0.2) is 17.1 Å². The van der Waals surface area contributed by atoms with Crippen molar-refractivity contribution in [3.05, 3.63) is 47.8 Å². The van der Waals surface area contributed by atoms with E-state index in [2.05, 4.69) is 15.4 Å². The molecule has 1 amide bonds. The van der Waals surface area contributed by atoms with Crippen LogP contribution in [0, 0.1) is 0 Å². The SMILES string of the molecule is CC=Cc1cc(C(=O)Nc2cnc3c(cnn3C(C)C)c2)cc(OC)c1OC. The van der Waals surface area contributed by atoms with E-state index in [-0.39, 0.29) is 11.9 Å². The first-order chi connectivity index (χ1) is 13.5. The van der Waals surface area contributed by atoms with Gasteiger partial charge in [0.25, 0.3) is 5.91 Å². The van der Waals surface area contributed by atoms with Crippen molar-refractivity contribution in [1.29, 1.82) is 0 Å². The minimum absolute atomic E-state index is 0.210. The second-order valence-corrected chi connectivity index (χ2v) is 6.57. The predicted molar refractivity (Wildman–Crippen MR) is 110 cm³/mol. The van der Waals surface area contributed by atoms with Crippen molar-refractivity contribution < 1.29 is 14.3 Å². The number of nitrogens with zero attached hydrogens (tertiary/aromatic N) is 3. The Morgan fingerprint density at radius 2 is 1.96 bits per heavy atom. The van der Waals surface area contributed by atoms with E-state index in [1.54, 1.807) is 38.7 Å². The van der Waals surface area contributed by atoms with Crippen molar-refractivity contribution in [3.8, 4) is 11.5 Å². The summed E-state index contributed by atoms with van der Waals surface area (Å²) in [5.41, 5.74) is 2.61. The number of nitrogens with one attached hydrogen (secondary N) is 1. The number of anilines is 1. The molecule has 0 fully saturated rings. The number of amides is 1. The summed E-state index contributed by atoms with van der Waals surface area (Å²) in [7, 11) is 3.12. The van der Waals surface area contributed by atoms with Crippen LogP contribution in [-0.2, 0) is 0 Å². The molecule has 0 spiro atoms. The average Bonchev–Trinajstić information content (AvgIpc) is 3.11. The van der Waals surface area contributed by atoms with Gasteiger partial charge < -0.3 is 14.8 Å². The maximum atomic E-state index is 12.8. The molecule has 7 nitrogen and oxygen atoms in total. The molecule has 3 rings (SSSR count). The van der Waals surface area contributed by atoms with Gasteiger partial charge in [-0.3, -0.25) is 4.79 Å². The molecule has 2 heterocycles. The zero-order valence-electron chi connectivity index (χ0n) is 16.7. The molecule has 3 aromatic rings. The highest BCUT2D eigenvalue weighted by Gasteiger charge is 2.16. The molecule has 146 valence electrons. The number of benzene rings is 1. The highest BCUT2D eigenvalue weighted by Crippen LogP contribution is 2.34. The van der Waals surface area contributed by atoms with Crippen molar-refractivity contribution in [2.75, 3.05) is 19.5 Å². The third-order valence-electron chi connectivity index (χ3n) is 4.30. The molecule has 1 N–H and O–H groups in total.